The van der Waals surface area contributed by atoms with Crippen molar-refractivity contribution in [3.63, 3.8) is 0 Å². The smallest absolute Gasteiger partial charge is 0.339 e. The molecule has 5 nitrogen and oxygen atoms in total. The Kier molecular flexibility index (Phi) is 2.67. The van der Waals surface area contributed by atoms with Gasteiger partial charge in [-0.05, 0) is 6.92 Å². The van der Waals surface area contributed by atoms with Crippen LogP contribution in [0.4, 0.5) is 0 Å². The number of aryl methyl sites for hydroxylation is 2. The molecule has 1 aromatic rings. The molecular formula is C8H12N2O3. The third kappa shape index (κ3) is 1.86. The lowest BCUT2D eigenvalue weighted by Gasteiger charge is -2.05. The second-order valence-corrected chi connectivity index (χ2v) is 2.77. The van der Waals surface area contributed by atoms with E-state index in [4.69, 9.17) is 0 Å². The number of carbonyl (C=O) groups excluding carboxylic acids is 1. The lowest BCUT2D eigenvalue weighted by atomic mass is 10.1. The van der Waals surface area contributed by atoms with Gasteiger partial charge in [0.2, 0.25) is 0 Å². The van der Waals surface area contributed by atoms with Crippen LogP contribution in [0.5, 0.6) is 0 Å². The van der Waals surface area contributed by atoms with Crippen LogP contribution in [0.1, 0.15) is 17.4 Å². The molecule has 0 saturated heterocycles. The summed E-state index contributed by atoms with van der Waals surface area (Å²) in [6, 6.07) is 0. The predicted octanol–water partition coefficient (Wildman–Crippen LogP) is -0.0651. The molecule has 1 unspecified atom stereocenters. The monoisotopic (exact) mass is 184 g/mol. The number of carbonyl (C=O) groups is 1. The summed E-state index contributed by atoms with van der Waals surface area (Å²) in [5.74, 6) is -0.670. The maximum absolute atomic E-state index is 11.0. The minimum Gasteiger partial charge on any atom is -0.467 e. The molecule has 72 valence electrons. The zero-order valence-corrected chi connectivity index (χ0v) is 7.81. The van der Waals surface area contributed by atoms with Crippen LogP contribution >= 0.6 is 0 Å². The van der Waals surface area contributed by atoms with Gasteiger partial charge in [-0.15, -0.1) is 0 Å². The van der Waals surface area contributed by atoms with E-state index in [-0.39, 0.29) is 0 Å². The lowest BCUT2D eigenvalue weighted by molar-refractivity contribution is -0.150. The minimum absolute atomic E-state index is 0.481. The molecule has 1 N–H and O–H groups in total. The van der Waals surface area contributed by atoms with E-state index in [1.165, 1.54) is 11.8 Å². The van der Waals surface area contributed by atoms with Gasteiger partial charge >= 0.3 is 5.97 Å². The topological polar surface area (TPSA) is 64.3 Å². The highest BCUT2D eigenvalue weighted by Gasteiger charge is 2.21. The first-order valence-electron chi connectivity index (χ1n) is 3.82. The number of esters is 1. The zero-order valence-electron chi connectivity index (χ0n) is 7.81. The molecule has 0 aliphatic rings. The number of aliphatic hydroxyl groups is 1. The van der Waals surface area contributed by atoms with E-state index in [1.54, 1.807) is 20.2 Å². The predicted molar refractivity (Wildman–Crippen MR) is 44.9 cm³/mol. The van der Waals surface area contributed by atoms with Crippen molar-refractivity contribution in [2.75, 3.05) is 7.11 Å². The summed E-state index contributed by atoms with van der Waals surface area (Å²) >= 11 is 0. The largest absolute Gasteiger partial charge is 0.467 e. The normalized spacial score (nSPS) is 12.6. The average Bonchev–Trinajstić information content (AvgIpc) is 2.42. The summed E-state index contributed by atoms with van der Waals surface area (Å²) in [6.45, 7) is 1.72. The first kappa shape index (κ1) is 9.73. The summed E-state index contributed by atoms with van der Waals surface area (Å²) in [5, 5.41) is 13.5. The van der Waals surface area contributed by atoms with E-state index in [1.807, 2.05) is 0 Å². The number of aromatic nitrogens is 2. The van der Waals surface area contributed by atoms with E-state index in [9.17, 15) is 9.90 Å². The van der Waals surface area contributed by atoms with Gasteiger partial charge in [-0.1, -0.05) is 0 Å². The number of hydrogen-bond donors (Lipinski definition) is 1. The Morgan fingerprint density at radius 3 is 2.77 bits per heavy atom. The van der Waals surface area contributed by atoms with Crippen LogP contribution in [0.25, 0.3) is 0 Å². The summed E-state index contributed by atoms with van der Waals surface area (Å²) in [7, 11) is 2.96. The first-order valence-corrected chi connectivity index (χ1v) is 3.82. The molecule has 0 aliphatic carbocycles. The molecule has 0 spiro atoms. The van der Waals surface area contributed by atoms with Gasteiger partial charge in [-0.2, -0.15) is 5.10 Å². The standard InChI is InChI=1S/C8H12N2O3/c1-5-6(4-10(2)9-5)7(11)8(12)13-3/h4,7,11H,1-3H3. The molecule has 0 radical (unpaired) electrons. The lowest BCUT2D eigenvalue weighted by Crippen LogP contribution is -2.13. The number of nitrogens with zero attached hydrogens (tertiary/aromatic N) is 2. The molecule has 1 heterocycles. The highest BCUT2D eigenvalue weighted by Crippen LogP contribution is 2.16. The molecule has 5 heteroatoms. The van der Waals surface area contributed by atoms with Crippen LogP contribution in [0, 0.1) is 6.92 Å². The van der Waals surface area contributed by atoms with Crippen molar-refractivity contribution in [2.45, 2.75) is 13.0 Å². The van der Waals surface area contributed by atoms with Crippen molar-refractivity contribution >= 4 is 5.97 Å². The SMILES string of the molecule is COC(=O)C(O)c1cn(C)nc1C. The quantitative estimate of drug-likeness (QED) is 0.654. The second-order valence-electron chi connectivity index (χ2n) is 2.77. The van der Waals surface area contributed by atoms with Gasteiger partial charge in [-0.25, -0.2) is 4.79 Å². The Balaban J connectivity index is 2.94. The molecule has 13 heavy (non-hydrogen) atoms. The Labute approximate surface area is 75.9 Å². The number of hydrogen-bond acceptors (Lipinski definition) is 4. The van der Waals surface area contributed by atoms with E-state index in [0.717, 1.165) is 0 Å². The van der Waals surface area contributed by atoms with Gasteiger partial charge in [0.05, 0.1) is 12.8 Å². The number of rotatable bonds is 2. The molecule has 1 rings (SSSR count). The summed E-state index contributed by atoms with van der Waals surface area (Å²) in [6.07, 6.45) is 0.357. The Morgan fingerprint density at radius 2 is 2.38 bits per heavy atom. The molecular weight excluding hydrogens is 172 g/mol. The van der Waals surface area contributed by atoms with Gasteiger partial charge in [0.25, 0.3) is 0 Å². The van der Waals surface area contributed by atoms with E-state index >= 15 is 0 Å². The maximum Gasteiger partial charge on any atom is 0.339 e. The van der Waals surface area contributed by atoms with Crippen LogP contribution in [0.3, 0.4) is 0 Å². The molecule has 0 bridgehead atoms. The fourth-order valence-electron chi connectivity index (χ4n) is 1.12. The van der Waals surface area contributed by atoms with Crippen molar-refractivity contribution in [3.8, 4) is 0 Å². The molecule has 0 saturated carbocycles. The summed E-state index contributed by atoms with van der Waals surface area (Å²) in [4.78, 5) is 11.0. The number of ether oxygens (including phenoxy) is 1. The van der Waals surface area contributed by atoms with Crippen molar-refractivity contribution in [3.05, 3.63) is 17.5 Å². The van der Waals surface area contributed by atoms with Gasteiger partial charge < -0.3 is 9.84 Å². The van der Waals surface area contributed by atoms with Crippen LogP contribution < -0.4 is 0 Å². The molecule has 0 aliphatic heterocycles. The van der Waals surface area contributed by atoms with Crippen molar-refractivity contribution in [1.29, 1.82) is 0 Å². The average molecular weight is 184 g/mol. The molecule has 1 atom stereocenters. The minimum atomic E-state index is -1.24. The van der Waals surface area contributed by atoms with Gasteiger partial charge in [-0.3, -0.25) is 4.68 Å². The van der Waals surface area contributed by atoms with Crippen LogP contribution in [0.15, 0.2) is 6.20 Å². The van der Waals surface area contributed by atoms with Crippen LogP contribution in [-0.2, 0) is 16.6 Å². The molecule has 1 aromatic heterocycles. The van der Waals surface area contributed by atoms with Crippen molar-refractivity contribution < 1.29 is 14.6 Å². The Bertz CT molecular complexity index is 319. The molecule has 0 aromatic carbocycles. The number of methoxy groups -OCH3 is 1. The zero-order chi connectivity index (χ0) is 10.0. The Hall–Kier alpha value is -1.36. The second kappa shape index (κ2) is 3.57. The fraction of sp³-hybridized carbons (Fsp3) is 0.500. The Morgan fingerprint density at radius 1 is 1.77 bits per heavy atom. The maximum atomic E-state index is 11.0. The van der Waals surface area contributed by atoms with Gasteiger partial charge in [0.15, 0.2) is 6.10 Å². The van der Waals surface area contributed by atoms with E-state index < -0.39 is 12.1 Å². The first-order chi connectivity index (χ1) is 6.06. The third-order valence-corrected chi connectivity index (χ3v) is 1.77. The van der Waals surface area contributed by atoms with E-state index in [0.29, 0.717) is 11.3 Å². The molecule has 0 fully saturated rings. The highest BCUT2D eigenvalue weighted by molar-refractivity contribution is 5.76. The fourth-order valence-corrected chi connectivity index (χ4v) is 1.12. The van der Waals surface area contributed by atoms with Crippen molar-refractivity contribution in [1.82, 2.24) is 9.78 Å². The van der Waals surface area contributed by atoms with Crippen molar-refractivity contribution in [2.24, 2.45) is 7.05 Å². The van der Waals surface area contributed by atoms with Gasteiger partial charge in [0, 0.05) is 18.8 Å². The third-order valence-electron chi connectivity index (χ3n) is 1.77. The highest BCUT2D eigenvalue weighted by atomic mass is 16.5. The van der Waals surface area contributed by atoms with Crippen LogP contribution in [-0.4, -0.2) is 28.0 Å². The van der Waals surface area contributed by atoms with E-state index in [2.05, 4.69) is 9.84 Å². The summed E-state index contributed by atoms with van der Waals surface area (Å²) < 4.78 is 5.94. The molecule has 0 amide bonds. The summed E-state index contributed by atoms with van der Waals surface area (Å²) in [5.41, 5.74) is 1.11. The number of aliphatic hydroxyl groups excluding tert-OH is 1. The van der Waals surface area contributed by atoms with Crippen LogP contribution in [0.2, 0.25) is 0 Å². The van der Waals surface area contributed by atoms with Gasteiger partial charge in [0.1, 0.15) is 0 Å².